The summed E-state index contributed by atoms with van der Waals surface area (Å²) < 4.78 is 24.3. The highest BCUT2D eigenvalue weighted by Crippen LogP contribution is 2.26. The third kappa shape index (κ3) is 3.05. The first kappa shape index (κ1) is 11.2. The van der Waals surface area contributed by atoms with Crippen molar-refractivity contribution in [3.63, 3.8) is 0 Å². The molecular weight excluding hydrogens is 274 g/mol. The summed E-state index contributed by atoms with van der Waals surface area (Å²) in [5, 5.41) is 2.80. The average molecular weight is 284 g/mol. The summed E-state index contributed by atoms with van der Waals surface area (Å²) in [6, 6.07) is 3.35. The van der Waals surface area contributed by atoms with Crippen molar-refractivity contribution in [2.24, 2.45) is 0 Å². The minimum absolute atomic E-state index is 0.0104. The Kier molecular flexibility index (Phi) is 3.90. The molecule has 6 heteroatoms. The minimum Gasteiger partial charge on any atom is -0.304 e. The van der Waals surface area contributed by atoms with Gasteiger partial charge in [-0.15, -0.1) is 11.3 Å². The SMILES string of the molecule is CCNCS(=O)(=O)c1ccc(Br)s1. The van der Waals surface area contributed by atoms with Crippen LogP contribution in [0.25, 0.3) is 0 Å². The molecule has 0 aliphatic carbocycles. The lowest BCUT2D eigenvalue weighted by atomic mass is 10.7. The van der Waals surface area contributed by atoms with E-state index in [4.69, 9.17) is 0 Å². The topological polar surface area (TPSA) is 46.2 Å². The lowest BCUT2D eigenvalue weighted by molar-refractivity contribution is 0.590. The van der Waals surface area contributed by atoms with Gasteiger partial charge in [0.25, 0.3) is 0 Å². The van der Waals surface area contributed by atoms with E-state index in [2.05, 4.69) is 21.2 Å². The molecule has 13 heavy (non-hydrogen) atoms. The molecule has 0 aromatic carbocycles. The normalized spacial score (nSPS) is 11.8. The summed E-state index contributed by atoms with van der Waals surface area (Å²) in [5.41, 5.74) is 0. The van der Waals surface area contributed by atoms with Crippen LogP contribution in [0.5, 0.6) is 0 Å². The molecule has 0 aliphatic rings. The molecule has 0 saturated heterocycles. The Hall–Kier alpha value is 0.0900. The predicted octanol–water partition coefficient (Wildman–Crippen LogP) is 1.85. The second-order valence-electron chi connectivity index (χ2n) is 2.42. The van der Waals surface area contributed by atoms with Crippen molar-refractivity contribution in [1.82, 2.24) is 5.32 Å². The van der Waals surface area contributed by atoms with Gasteiger partial charge in [0.05, 0.1) is 3.79 Å². The van der Waals surface area contributed by atoms with Crippen LogP contribution in [-0.4, -0.2) is 20.8 Å². The highest BCUT2D eigenvalue weighted by atomic mass is 79.9. The molecule has 3 nitrogen and oxygen atoms in total. The van der Waals surface area contributed by atoms with E-state index in [-0.39, 0.29) is 5.88 Å². The zero-order valence-electron chi connectivity index (χ0n) is 7.08. The van der Waals surface area contributed by atoms with Gasteiger partial charge in [0.2, 0.25) is 9.84 Å². The van der Waals surface area contributed by atoms with E-state index in [1.54, 1.807) is 12.1 Å². The predicted molar refractivity (Wildman–Crippen MR) is 57.7 cm³/mol. The molecule has 0 aliphatic heterocycles. The summed E-state index contributed by atoms with van der Waals surface area (Å²) in [4.78, 5) is 0. The summed E-state index contributed by atoms with van der Waals surface area (Å²) >= 11 is 4.46. The van der Waals surface area contributed by atoms with Crippen molar-refractivity contribution < 1.29 is 8.42 Å². The van der Waals surface area contributed by atoms with Crippen LogP contribution < -0.4 is 5.32 Å². The van der Waals surface area contributed by atoms with Gasteiger partial charge in [-0.2, -0.15) is 0 Å². The molecule has 0 unspecified atom stereocenters. The highest BCUT2D eigenvalue weighted by Gasteiger charge is 2.15. The molecule has 1 N–H and O–H groups in total. The number of thiophene rings is 1. The van der Waals surface area contributed by atoms with Crippen LogP contribution in [0.3, 0.4) is 0 Å². The fraction of sp³-hybridized carbons (Fsp3) is 0.429. The zero-order valence-corrected chi connectivity index (χ0v) is 10.3. The van der Waals surface area contributed by atoms with E-state index >= 15 is 0 Å². The van der Waals surface area contributed by atoms with Crippen LogP contribution in [0.4, 0.5) is 0 Å². The first-order valence-corrected chi connectivity index (χ1v) is 7.01. The van der Waals surface area contributed by atoms with Gasteiger partial charge >= 0.3 is 0 Å². The highest BCUT2D eigenvalue weighted by molar-refractivity contribution is 9.11. The van der Waals surface area contributed by atoms with E-state index in [0.717, 1.165) is 3.79 Å². The van der Waals surface area contributed by atoms with Gasteiger partial charge in [-0.25, -0.2) is 8.42 Å². The Morgan fingerprint density at radius 3 is 2.69 bits per heavy atom. The Morgan fingerprint density at radius 1 is 1.54 bits per heavy atom. The fourth-order valence-electron chi connectivity index (χ4n) is 0.772. The lowest BCUT2D eigenvalue weighted by Crippen LogP contribution is -2.22. The summed E-state index contributed by atoms with van der Waals surface area (Å²) in [5.74, 6) is 0.0104. The van der Waals surface area contributed by atoms with Crippen molar-refractivity contribution in [3.8, 4) is 0 Å². The first-order valence-electron chi connectivity index (χ1n) is 3.75. The number of nitrogens with one attached hydrogen (secondary N) is 1. The first-order chi connectivity index (χ1) is 6.06. The van der Waals surface area contributed by atoms with Gasteiger partial charge in [-0.05, 0) is 34.6 Å². The molecule has 1 rings (SSSR count). The van der Waals surface area contributed by atoms with Gasteiger partial charge in [-0.1, -0.05) is 6.92 Å². The molecule has 1 aromatic rings. The maximum atomic E-state index is 11.5. The molecule has 0 atom stereocenters. The van der Waals surface area contributed by atoms with Crippen LogP contribution in [0, 0.1) is 0 Å². The number of sulfone groups is 1. The summed E-state index contributed by atoms with van der Waals surface area (Å²) in [7, 11) is -3.12. The van der Waals surface area contributed by atoms with Crippen LogP contribution in [0.2, 0.25) is 0 Å². The molecule has 0 amide bonds. The van der Waals surface area contributed by atoms with Crippen LogP contribution in [0.15, 0.2) is 20.1 Å². The summed E-state index contributed by atoms with van der Waals surface area (Å²) in [6.45, 7) is 2.53. The van der Waals surface area contributed by atoms with Crippen molar-refractivity contribution in [3.05, 3.63) is 15.9 Å². The minimum atomic E-state index is -3.12. The molecule has 0 radical (unpaired) electrons. The van der Waals surface area contributed by atoms with Gasteiger partial charge < -0.3 is 5.32 Å². The molecule has 0 fully saturated rings. The van der Waals surface area contributed by atoms with E-state index < -0.39 is 9.84 Å². The largest absolute Gasteiger partial charge is 0.304 e. The number of halogens is 1. The quantitative estimate of drug-likeness (QED) is 0.918. The summed E-state index contributed by atoms with van der Waals surface area (Å²) in [6.07, 6.45) is 0. The Labute approximate surface area is 90.2 Å². The van der Waals surface area contributed by atoms with Gasteiger partial charge in [0, 0.05) is 0 Å². The maximum absolute atomic E-state index is 11.5. The number of rotatable bonds is 4. The van der Waals surface area contributed by atoms with Crippen LogP contribution in [0.1, 0.15) is 6.92 Å². The molecule has 1 heterocycles. The molecule has 74 valence electrons. The fourth-order valence-corrected chi connectivity index (χ4v) is 4.06. The second-order valence-corrected chi connectivity index (χ2v) is 7.10. The molecule has 0 bridgehead atoms. The average Bonchev–Trinajstić information content (AvgIpc) is 2.49. The van der Waals surface area contributed by atoms with Gasteiger partial charge in [0.1, 0.15) is 10.1 Å². The Bertz CT molecular complexity index is 372. The third-order valence-corrected chi connectivity index (χ3v) is 5.16. The smallest absolute Gasteiger partial charge is 0.200 e. The van der Waals surface area contributed by atoms with Gasteiger partial charge in [-0.3, -0.25) is 0 Å². The zero-order chi connectivity index (χ0) is 9.90. The van der Waals surface area contributed by atoms with Crippen molar-refractivity contribution in [1.29, 1.82) is 0 Å². The molecule has 0 spiro atoms. The third-order valence-electron chi connectivity index (χ3n) is 1.40. The van der Waals surface area contributed by atoms with E-state index in [0.29, 0.717) is 10.8 Å². The number of hydrogen-bond donors (Lipinski definition) is 1. The lowest BCUT2D eigenvalue weighted by Gasteiger charge is -2.00. The monoisotopic (exact) mass is 283 g/mol. The van der Waals surface area contributed by atoms with E-state index in [9.17, 15) is 8.42 Å². The maximum Gasteiger partial charge on any atom is 0.200 e. The van der Waals surface area contributed by atoms with Crippen LogP contribution >= 0.6 is 27.3 Å². The van der Waals surface area contributed by atoms with E-state index in [1.165, 1.54) is 11.3 Å². The Morgan fingerprint density at radius 2 is 2.23 bits per heavy atom. The molecular formula is C7H10BrNO2S2. The van der Waals surface area contributed by atoms with Gasteiger partial charge in [0.15, 0.2) is 0 Å². The molecule has 0 saturated carbocycles. The van der Waals surface area contributed by atoms with Crippen LogP contribution in [-0.2, 0) is 9.84 Å². The standard InChI is InChI=1S/C7H10BrNO2S2/c1-2-9-5-13(10,11)7-4-3-6(8)12-7/h3-4,9H,2,5H2,1H3. The van der Waals surface area contributed by atoms with E-state index in [1.807, 2.05) is 6.92 Å². The Balaban J connectivity index is 2.82. The molecule has 1 aromatic heterocycles. The number of hydrogen-bond acceptors (Lipinski definition) is 4. The van der Waals surface area contributed by atoms with Crippen molar-refractivity contribution >= 4 is 37.1 Å². The van der Waals surface area contributed by atoms with Crippen molar-refractivity contribution in [2.75, 3.05) is 12.4 Å². The second kappa shape index (κ2) is 4.54. The van der Waals surface area contributed by atoms with Crippen molar-refractivity contribution in [2.45, 2.75) is 11.1 Å².